The molecule has 2 aliphatic heterocycles. The van der Waals surface area contributed by atoms with Crippen LogP contribution in [0.3, 0.4) is 0 Å². The largest absolute Gasteiger partial charge is 0.395 e. The van der Waals surface area contributed by atoms with Crippen molar-refractivity contribution >= 4 is 34.8 Å². The molecule has 0 bridgehead atoms. The lowest BCUT2D eigenvalue weighted by Crippen LogP contribution is -2.43. The minimum Gasteiger partial charge on any atom is -0.395 e. The minimum atomic E-state index is -1.87. The predicted octanol–water partition coefficient (Wildman–Crippen LogP) is 4.07. The maximum absolute atomic E-state index is 13.4. The topological polar surface area (TPSA) is 101 Å². The molecule has 5 rings (SSSR count). The summed E-state index contributed by atoms with van der Waals surface area (Å²) in [6.45, 7) is 2.18. The van der Waals surface area contributed by atoms with Crippen molar-refractivity contribution in [3.05, 3.63) is 102 Å². The lowest BCUT2D eigenvalue weighted by Gasteiger charge is -2.31. The van der Waals surface area contributed by atoms with Crippen molar-refractivity contribution in [1.82, 2.24) is 4.90 Å². The molecular weight excluding hydrogens is 518 g/mol. The highest BCUT2D eigenvalue weighted by Crippen LogP contribution is 2.47. The van der Waals surface area contributed by atoms with Gasteiger partial charge >= 0.3 is 0 Å². The van der Waals surface area contributed by atoms with Crippen LogP contribution in [-0.2, 0) is 33.0 Å². The molecule has 2 atom stereocenters. The Kier molecular flexibility index (Phi) is 8.06. The van der Waals surface area contributed by atoms with Gasteiger partial charge in [-0.15, -0.1) is 0 Å². The highest BCUT2D eigenvalue weighted by molar-refractivity contribution is 6.09. The zero-order valence-electron chi connectivity index (χ0n) is 23.4. The first-order valence-corrected chi connectivity index (χ1v) is 13.9. The zero-order chi connectivity index (χ0) is 29.1. The number of aryl methyl sites for hydroxylation is 1. The molecule has 0 radical (unpaired) electrons. The number of anilines is 3. The number of benzene rings is 3. The molecule has 0 unspecified atom stereocenters. The molecule has 212 valence electrons. The van der Waals surface area contributed by atoms with Crippen LogP contribution in [0.15, 0.2) is 84.9 Å². The Morgan fingerprint density at radius 1 is 1.02 bits per heavy atom. The second-order valence-corrected chi connectivity index (χ2v) is 10.6. The molecule has 0 fully saturated rings. The Morgan fingerprint density at radius 2 is 1.76 bits per heavy atom. The minimum absolute atomic E-state index is 0.0424. The third-order valence-corrected chi connectivity index (χ3v) is 8.05. The summed E-state index contributed by atoms with van der Waals surface area (Å²) in [7, 11) is 1.62. The van der Waals surface area contributed by atoms with Crippen molar-refractivity contribution in [3.8, 4) is 0 Å². The fourth-order valence-corrected chi connectivity index (χ4v) is 5.75. The number of aliphatic hydroxyl groups excluding tert-OH is 1. The van der Waals surface area contributed by atoms with E-state index in [1.165, 1.54) is 4.90 Å². The fourth-order valence-electron chi connectivity index (χ4n) is 5.75. The molecule has 2 N–H and O–H groups in total. The van der Waals surface area contributed by atoms with E-state index in [9.17, 15) is 24.6 Å². The van der Waals surface area contributed by atoms with Gasteiger partial charge in [-0.2, -0.15) is 0 Å². The molecule has 8 heteroatoms. The van der Waals surface area contributed by atoms with Gasteiger partial charge in [0.1, 0.15) is 0 Å². The number of likely N-dealkylation sites (N-methyl/N-ethyl adjacent to an activating group) is 1. The van der Waals surface area contributed by atoms with E-state index < -0.39 is 17.4 Å². The summed E-state index contributed by atoms with van der Waals surface area (Å²) in [5.74, 6) is -1.34. The van der Waals surface area contributed by atoms with E-state index in [0.717, 1.165) is 16.8 Å². The van der Waals surface area contributed by atoms with E-state index in [0.29, 0.717) is 36.3 Å². The Bertz CT molecular complexity index is 1490. The third-order valence-electron chi connectivity index (χ3n) is 8.05. The fraction of sp³-hybridized carbons (Fsp3) is 0.303. The van der Waals surface area contributed by atoms with Gasteiger partial charge in [0, 0.05) is 50.1 Å². The third kappa shape index (κ3) is 5.28. The van der Waals surface area contributed by atoms with Crippen LogP contribution in [0.1, 0.15) is 36.5 Å². The number of hydrogen-bond acceptors (Lipinski definition) is 5. The van der Waals surface area contributed by atoms with Crippen molar-refractivity contribution in [2.45, 2.75) is 38.3 Å². The van der Waals surface area contributed by atoms with Crippen LogP contribution in [0.4, 0.5) is 17.1 Å². The number of carbonyl (C=O) groups excluding carboxylic acids is 3. The van der Waals surface area contributed by atoms with Crippen LogP contribution in [0.25, 0.3) is 0 Å². The molecule has 2 heterocycles. The van der Waals surface area contributed by atoms with Crippen LogP contribution in [0.5, 0.6) is 0 Å². The monoisotopic (exact) mass is 553 g/mol. The second kappa shape index (κ2) is 11.7. The Balaban J connectivity index is 1.38. The number of carbonyl (C=O) groups is 3. The van der Waals surface area contributed by atoms with E-state index in [2.05, 4.69) is 0 Å². The Labute approximate surface area is 240 Å². The van der Waals surface area contributed by atoms with Gasteiger partial charge in [0.05, 0.1) is 18.0 Å². The first-order valence-electron chi connectivity index (χ1n) is 13.9. The molecule has 3 amide bonds. The van der Waals surface area contributed by atoms with Gasteiger partial charge in [-0.25, -0.2) is 0 Å². The summed E-state index contributed by atoms with van der Waals surface area (Å²) in [5, 5.41) is 21.4. The summed E-state index contributed by atoms with van der Waals surface area (Å²) >= 11 is 0. The average Bonchev–Trinajstić information content (AvgIpc) is 3.18. The highest BCUT2D eigenvalue weighted by atomic mass is 16.3. The van der Waals surface area contributed by atoms with Gasteiger partial charge in [0.2, 0.25) is 11.8 Å². The Morgan fingerprint density at radius 3 is 2.51 bits per heavy atom. The van der Waals surface area contributed by atoms with Gasteiger partial charge in [0.25, 0.3) is 5.91 Å². The SMILES string of the molecule is C[C@@H](/C=C/CC(=O)N(CCO)Cc1ccccc1)[C@]1(O)C(=O)N(C)c2ccc(N3C(=O)CCc4ccccc43)cc21. The van der Waals surface area contributed by atoms with Gasteiger partial charge < -0.3 is 20.0 Å². The number of rotatable bonds is 9. The summed E-state index contributed by atoms with van der Waals surface area (Å²) in [4.78, 5) is 44.1. The van der Waals surface area contributed by atoms with Crippen LogP contribution < -0.4 is 9.80 Å². The van der Waals surface area contributed by atoms with Crippen LogP contribution in [0.2, 0.25) is 0 Å². The van der Waals surface area contributed by atoms with Crippen molar-refractivity contribution in [1.29, 1.82) is 0 Å². The van der Waals surface area contributed by atoms with E-state index in [1.807, 2.05) is 54.6 Å². The van der Waals surface area contributed by atoms with Gasteiger partial charge in [-0.3, -0.25) is 19.3 Å². The van der Waals surface area contributed by atoms with Gasteiger partial charge in [0.15, 0.2) is 5.60 Å². The van der Waals surface area contributed by atoms with Crippen molar-refractivity contribution in [2.24, 2.45) is 5.92 Å². The maximum Gasteiger partial charge on any atom is 0.264 e. The molecule has 2 aliphatic rings. The van der Waals surface area contributed by atoms with Crippen molar-refractivity contribution < 1.29 is 24.6 Å². The number of aliphatic hydroxyl groups is 2. The quantitative estimate of drug-likeness (QED) is 0.389. The summed E-state index contributed by atoms with van der Waals surface area (Å²) < 4.78 is 0. The second-order valence-electron chi connectivity index (χ2n) is 10.6. The first kappa shape index (κ1) is 28.3. The molecule has 0 saturated heterocycles. The average molecular weight is 554 g/mol. The Hall–Kier alpha value is -4.27. The molecular formula is C33H35N3O5. The summed E-state index contributed by atoms with van der Waals surface area (Å²) in [5.41, 5.74) is 2.56. The zero-order valence-corrected chi connectivity index (χ0v) is 23.4. The number of para-hydroxylation sites is 1. The molecule has 0 aliphatic carbocycles. The van der Waals surface area contributed by atoms with Crippen LogP contribution >= 0.6 is 0 Å². The van der Waals surface area contributed by atoms with E-state index in [4.69, 9.17) is 0 Å². The highest BCUT2D eigenvalue weighted by Gasteiger charge is 2.51. The standard InChI is InChI=1S/C33H35N3O5/c1-23(9-8-14-30(38)35(19-20-37)22-24-10-4-3-5-11-24)33(41)27-21-26(16-17-29(27)34(2)32(33)40)36-28-13-7-6-12-25(28)15-18-31(36)39/h3-13,16-17,21,23,37,41H,14-15,18-20,22H2,1-2H3/b9-8+/t23-,33+/m0/s1. The smallest absolute Gasteiger partial charge is 0.264 e. The number of fused-ring (bicyclic) bond motifs is 2. The lowest BCUT2D eigenvalue weighted by atomic mass is 9.82. The molecule has 3 aromatic rings. The molecule has 3 aromatic carbocycles. The van der Waals surface area contributed by atoms with Gasteiger partial charge in [-0.1, -0.05) is 67.6 Å². The van der Waals surface area contributed by atoms with Crippen LogP contribution in [-0.4, -0.2) is 53.0 Å². The lowest BCUT2D eigenvalue weighted by molar-refractivity contribution is -0.139. The van der Waals surface area contributed by atoms with E-state index in [-0.39, 0.29) is 31.4 Å². The molecule has 8 nitrogen and oxygen atoms in total. The molecule has 41 heavy (non-hydrogen) atoms. The summed E-state index contributed by atoms with van der Waals surface area (Å²) in [6, 6.07) is 22.6. The number of nitrogens with zero attached hydrogens (tertiary/aromatic N) is 3. The molecule has 0 saturated carbocycles. The van der Waals surface area contributed by atoms with Crippen molar-refractivity contribution in [3.63, 3.8) is 0 Å². The first-order chi connectivity index (χ1) is 19.8. The van der Waals surface area contributed by atoms with E-state index >= 15 is 0 Å². The number of amides is 3. The van der Waals surface area contributed by atoms with Crippen molar-refractivity contribution in [2.75, 3.05) is 30.0 Å². The molecule has 0 spiro atoms. The predicted molar refractivity (Wildman–Crippen MR) is 158 cm³/mol. The normalized spacial score (nSPS) is 18.9. The molecule has 0 aromatic heterocycles. The van der Waals surface area contributed by atoms with E-state index in [1.54, 1.807) is 54.1 Å². The summed E-state index contributed by atoms with van der Waals surface area (Å²) in [6.07, 6.45) is 4.46. The van der Waals surface area contributed by atoms with Crippen LogP contribution in [0, 0.1) is 5.92 Å². The van der Waals surface area contributed by atoms with Gasteiger partial charge in [-0.05, 0) is 41.8 Å². The maximum atomic E-state index is 13.4. The number of hydrogen-bond donors (Lipinski definition) is 2.